The van der Waals surface area contributed by atoms with Crippen LogP contribution in [0.15, 0.2) is 83.8 Å². The van der Waals surface area contributed by atoms with Gasteiger partial charge in [0, 0.05) is 39.3 Å². The molecule has 6 nitrogen and oxygen atoms in total. The van der Waals surface area contributed by atoms with E-state index in [0.29, 0.717) is 12.2 Å². The van der Waals surface area contributed by atoms with Gasteiger partial charge < -0.3 is 10.2 Å². The lowest BCUT2D eigenvalue weighted by Crippen LogP contribution is -2.35. The Labute approximate surface area is 190 Å². The SMILES string of the molecule is Cc1ccc(S(=O)(=O)N(CCC(=O)NCc2ccc(N(C)C)cc2)c2ccccc2)cc1. The fourth-order valence-electron chi connectivity index (χ4n) is 3.22. The molecule has 0 unspecified atom stereocenters. The molecule has 0 heterocycles. The van der Waals surface area contributed by atoms with Gasteiger partial charge in [-0.1, -0.05) is 48.0 Å². The Morgan fingerprint density at radius 3 is 2.06 bits per heavy atom. The quantitative estimate of drug-likeness (QED) is 0.535. The van der Waals surface area contributed by atoms with Crippen molar-refractivity contribution in [1.82, 2.24) is 5.32 Å². The first-order valence-corrected chi connectivity index (χ1v) is 11.9. The molecule has 1 amide bonds. The van der Waals surface area contributed by atoms with E-state index >= 15 is 0 Å². The second-order valence-electron chi connectivity index (χ2n) is 7.81. The van der Waals surface area contributed by atoms with E-state index in [0.717, 1.165) is 16.8 Å². The van der Waals surface area contributed by atoms with Crippen LogP contribution in [0.1, 0.15) is 17.5 Å². The molecule has 3 aromatic carbocycles. The number of carbonyl (C=O) groups excluding carboxylic acids is 1. The number of anilines is 2. The minimum Gasteiger partial charge on any atom is -0.378 e. The van der Waals surface area contributed by atoms with Gasteiger partial charge in [0.25, 0.3) is 10.0 Å². The summed E-state index contributed by atoms with van der Waals surface area (Å²) in [6, 6.07) is 23.5. The van der Waals surface area contributed by atoms with Gasteiger partial charge in [0.2, 0.25) is 5.91 Å². The molecule has 0 saturated heterocycles. The van der Waals surface area contributed by atoms with Gasteiger partial charge in [-0.15, -0.1) is 0 Å². The van der Waals surface area contributed by atoms with Crippen LogP contribution >= 0.6 is 0 Å². The number of rotatable bonds is 9. The molecule has 0 atom stereocenters. The highest BCUT2D eigenvalue weighted by Gasteiger charge is 2.25. The van der Waals surface area contributed by atoms with Gasteiger partial charge in [-0.2, -0.15) is 0 Å². The summed E-state index contributed by atoms with van der Waals surface area (Å²) in [6.45, 7) is 2.35. The highest BCUT2D eigenvalue weighted by Crippen LogP contribution is 2.24. The second kappa shape index (κ2) is 10.3. The molecular formula is C25H29N3O3S. The van der Waals surface area contributed by atoms with E-state index in [9.17, 15) is 13.2 Å². The van der Waals surface area contributed by atoms with Crippen LogP contribution in [-0.4, -0.2) is 35.0 Å². The smallest absolute Gasteiger partial charge is 0.264 e. The van der Waals surface area contributed by atoms with Crippen molar-refractivity contribution in [3.8, 4) is 0 Å². The molecule has 0 aliphatic rings. The maximum atomic E-state index is 13.3. The van der Waals surface area contributed by atoms with Gasteiger partial charge in [-0.05, 0) is 48.9 Å². The molecule has 0 aliphatic carbocycles. The first-order chi connectivity index (χ1) is 15.3. The largest absolute Gasteiger partial charge is 0.378 e. The number of para-hydroxylation sites is 1. The van der Waals surface area contributed by atoms with Crippen LogP contribution in [0, 0.1) is 6.92 Å². The maximum absolute atomic E-state index is 13.3. The molecule has 0 spiro atoms. The topological polar surface area (TPSA) is 69.7 Å². The number of benzene rings is 3. The van der Waals surface area contributed by atoms with Gasteiger partial charge >= 0.3 is 0 Å². The second-order valence-corrected chi connectivity index (χ2v) is 9.68. The number of aryl methyl sites for hydroxylation is 1. The third kappa shape index (κ3) is 5.88. The molecule has 0 bridgehead atoms. The molecule has 3 rings (SSSR count). The van der Waals surface area contributed by atoms with E-state index in [1.165, 1.54) is 4.31 Å². The number of nitrogens with one attached hydrogen (secondary N) is 1. The molecule has 0 fully saturated rings. The zero-order valence-corrected chi connectivity index (χ0v) is 19.5. The Hall–Kier alpha value is -3.32. The van der Waals surface area contributed by atoms with Gasteiger partial charge in [0.05, 0.1) is 10.6 Å². The average molecular weight is 452 g/mol. The molecule has 7 heteroatoms. The predicted molar refractivity (Wildman–Crippen MR) is 129 cm³/mol. The van der Waals surface area contributed by atoms with Gasteiger partial charge in [-0.25, -0.2) is 8.42 Å². The van der Waals surface area contributed by atoms with E-state index in [1.807, 2.05) is 56.3 Å². The van der Waals surface area contributed by atoms with Crippen molar-refractivity contribution in [3.63, 3.8) is 0 Å². The van der Waals surface area contributed by atoms with E-state index in [4.69, 9.17) is 0 Å². The monoisotopic (exact) mass is 451 g/mol. The third-order valence-electron chi connectivity index (χ3n) is 5.14. The Bertz CT molecular complexity index is 1130. The van der Waals surface area contributed by atoms with E-state index < -0.39 is 10.0 Å². The van der Waals surface area contributed by atoms with Crippen LogP contribution in [0.3, 0.4) is 0 Å². The van der Waals surface area contributed by atoms with Crippen LogP contribution in [0.2, 0.25) is 0 Å². The summed E-state index contributed by atoms with van der Waals surface area (Å²) < 4.78 is 27.9. The molecule has 168 valence electrons. The van der Waals surface area contributed by atoms with Gasteiger partial charge in [0.15, 0.2) is 0 Å². The minimum absolute atomic E-state index is 0.0472. The van der Waals surface area contributed by atoms with E-state index in [2.05, 4.69) is 5.32 Å². The molecule has 3 aromatic rings. The first-order valence-electron chi connectivity index (χ1n) is 10.4. The van der Waals surface area contributed by atoms with Crippen LogP contribution in [0.5, 0.6) is 0 Å². The fourth-order valence-corrected chi connectivity index (χ4v) is 4.69. The zero-order chi connectivity index (χ0) is 23.1. The fraction of sp³-hybridized carbons (Fsp3) is 0.240. The Kier molecular flexibility index (Phi) is 7.53. The number of carbonyl (C=O) groups is 1. The number of nitrogens with zero attached hydrogens (tertiary/aromatic N) is 2. The van der Waals surface area contributed by atoms with Gasteiger partial charge in [0.1, 0.15) is 0 Å². The summed E-state index contributed by atoms with van der Waals surface area (Å²) in [4.78, 5) is 14.7. The summed E-state index contributed by atoms with van der Waals surface area (Å²) in [6.07, 6.45) is 0.0514. The molecule has 0 aliphatic heterocycles. The normalized spacial score (nSPS) is 11.1. The number of sulfonamides is 1. The van der Waals surface area contributed by atoms with Crippen LogP contribution in [0.4, 0.5) is 11.4 Å². The number of hydrogen-bond donors (Lipinski definition) is 1. The average Bonchev–Trinajstić information content (AvgIpc) is 2.79. The van der Waals surface area contributed by atoms with Crippen molar-refractivity contribution >= 4 is 27.3 Å². The van der Waals surface area contributed by atoms with Crippen molar-refractivity contribution in [2.75, 3.05) is 29.8 Å². The minimum atomic E-state index is -3.80. The van der Waals surface area contributed by atoms with Crippen LogP contribution < -0.4 is 14.5 Å². The molecule has 0 saturated carbocycles. The van der Waals surface area contributed by atoms with Crippen LogP contribution in [0.25, 0.3) is 0 Å². The van der Waals surface area contributed by atoms with Gasteiger partial charge in [-0.3, -0.25) is 9.10 Å². The molecule has 32 heavy (non-hydrogen) atoms. The highest BCUT2D eigenvalue weighted by atomic mass is 32.2. The summed E-state index contributed by atoms with van der Waals surface area (Å²) >= 11 is 0. The first kappa shape index (κ1) is 23.3. The molecule has 1 N–H and O–H groups in total. The number of amides is 1. The van der Waals surface area contributed by atoms with Crippen molar-refractivity contribution in [3.05, 3.63) is 90.0 Å². The zero-order valence-electron chi connectivity index (χ0n) is 18.7. The third-order valence-corrected chi connectivity index (χ3v) is 6.98. The maximum Gasteiger partial charge on any atom is 0.264 e. The van der Waals surface area contributed by atoms with E-state index in [-0.39, 0.29) is 23.8 Å². The Balaban J connectivity index is 1.69. The lowest BCUT2D eigenvalue weighted by molar-refractivity contribution is -0.121. The molecule has 0 radical (unpaired) electrons. The lowest BCUT2D eigenvalue weighted by Gasteiger charge is -2.24. The molecule has 0 aromatic heterocycles. The summed E-state index contributed by atoms with van der Waals surface area (Å²) in [7, 11) is 0.146. The van der Waals surface area contributed by atoms with Crippen molar-refractivity contribution in [1.29, 1.82) is 0 Å². The Morgan fingerprint density at radius 2 is 1.47 bits per heavy atom. The summed E-state index contributed by atoms with van der Waals surface area (Å²) in [5, 5.41) is 2.88. The van der Waals surface area contributed by atoms with Crippen molar-refractivity contribution in [2.24, 2.45) is 0 Å². The lowest BCUT2D eigenvalue weighted by atomic mass is 10.2. The summed E-state index contributed by atoms with van der Waals surface area (Å²) in [5.41, 5.74) is 3.57. The van der Waals surface area contributed by atoms with Crippen molar-refractivity contribution < 1.29 is 13.2 Å². The molecular weight excluding hydrogens is 422 g/mol. The van der Waals surface area contributed by atoms with E-state index in [1.54, 1.807) is 48.5 Å². The van der Waals surface area contributed by atoms with Crippen LogP contribution in [-0.2, 0) is 21.4 Å². The highest BCUT2D eigenvalue weighted by molar-refractivity contribution is 7.92. The standard InChI is InChI=1S/C25H29N3O3S/c1-20-9-15-24(16-10-20)32(30,31)28(23-7-5-4-6-8-23)18-17-25(29)26-19-21-11-13-22(14-12-21)27(2)3/h4-16H,17-19H2,1-3H3,(H,26,29). The Morgan fingerprint density at radius 1 is 0.844 bits per heavy atom. The predicted octanol–water partition coefficient (Wildman–Crippen LogP) is 3.96. The van der Waals surface area contributed by atoms with Crippen molar-refractivity contribution in [2.45, 2.75) is 24.8 Å². The summed E-state index contributed by atoms with van der Waals surface area (Å²) in [5.74, 6) is -0.207. The number of hydrogen-bond acceptors (Lipinski definition) is 4.